The maximum atomic E-state index is 11.6. The number of likely N-dealkylation sites (N-methyl/N-ethyl adjacent to an activating group) is 1. The molecule has 108 valence electrons. The molecule has 0 amide bonds. The van der Waals surface area contributed by atoms with Gasteiger partial charge >= 0.3 is 0 Å². The van der Waals surface area contributed by atoms with Crippen molar-refractivity contribution in [2.45, 2.75) is 18.9 Å². The third kappa shape index (κ3) is 2.87. The average molecular weight is 310 g/mol. The van der Waals surface area contributed by atoms with Gasteiger partial charge in [-0.25, -0.2) is 13.4 Å². The van der Waals surface area contributed by atoms with E-state index in [0.717, 1.165) is 23.4 Å². The van der Waals surface area contributed by atoms with E-state index in [-0.39, 0.29) is 12.0 Å². The second-order valence-electron chi connectivity index (χ2n) is 5.34. The molecule has 0 bridgehead atoms. The van der Waals surface area contributed by atoms with Gasteiger partial charge in [-0.1, -0.05) is 12.1 Å². The summed E-state index contributed by atoms with van der Waals surface area (Å²) >= 11 is 1.70. The third-order valence-corrected chi connectivity index (χ3v) is 6.79. The van der Waals surface area contributed by atoms with E-state index in [0.29, 0.717) is 11.5 Å². The SMILES string of the molecule is CNC(Cc1nc2ccccc2s1)C1CCS(=O)(=O)C1. The molecule has 2 atom stereocenters. The molecular weight excluding hydrogens is 292 g/mol. The van der Waals surface area contributed by atoms with Gasteiger partial charge in [-0.05, 0) is 31.5 Å². The Morgan fingerprint density at radius 2 is 2.25 bits per heavy atom. The Kier molecular flexibility index (Phi) is 3.79. The number of para-hydroxylation sites is 1. The fraction of sp³-hybridized carbons (Fsp3) is 0.500. The number of hydrogen-bond acceptors (Lipinski definition) is 5. The van der Waals surface area contributed by atoms with Crippen LogP contribution in [-0.4, -0.2) is 38.0 Å². The molecule has 1 aromatic heterocycles. The molecule has 0 spiro atoms. The van der Waals surface area contributed by atoms with Crippen LogP contribution >= 0.6 is 11.3 Å². The van der Waals surface area contributed by atoms with Gasteiger partial charge in [0, 0.05) is 12.5 Å². The van der Waals surface area contributed by atoms with Gasteiger partial charge in [0.15, 0.2) is 9.84 Å². The molecule has 2 heterocycles. The maximum absolute atomic E-state index is 11.6. The van der Waals surface area contributed by atoms with Gasteiger partial charge in [0.1, 0.15) is 0 Å². The van der Waals surface area contributed by atoms with E-state index in [1.165, 1.54) is 4.70 Å². The van der Waals surface area contributed by atoms with Crippen molar-refractivity contribution in [2.24, 2.45) is 5.92 Å². The summed E-state index contributed by atoms with van der Waals surface area (Å²) in [5.74, 6) is 0.844. The molecule has 0 radical (unpaired) electrons. The molecule has 4 nitrogen and oxygen atoms in total. The second-order valence-corrected chi connectivity index (χ2v) is 8.68. The summed E-state index contributed by atoms with van der Waals surface area (Å²) in [5, 5.41) is 4.36. The highest BCUT2D eigenvalue weighted by Crippen LogP contribution is 2.27. The summed E-state index contributed by atoms with van der Waals surface area (Å²) in [5.41, 5.74) is 1.03. The Bertz CT molecular complexity index is 676. The van der Waals surface area contributed by atoms with Crippen LogP contribution in [0.4, 0.5) is 0 Å². The van der Waals surface area contributed by atoms with Crippen LogP contribution in [0.2, 0.25) is 0 Å². The number of sulfone groups is 1. The quantitative estimate of drug-likeness (QED) is 0.936. The first-order valence-electron chi connectivity index (χ1n) is 6.79. The molecule has 0 aliphatic carbocycles. The number of aromatic nitrogens is 1. The fourth-order valence-corrected chi connectivity index (χ4v) is 5.75. The fourth-order valence-electron chi connectivity index (χ4n) is 2.84. The molecule has 6 heteroatoms. The highest BCUT2D eigenvalue weighted by atomic mass is 32.2. The first-order chi connectivity index (χ1) is 9.57. The number of hydrogen-bond donors (Lipinski definition) is 1. The van der Waals surface area contributed by atoms with Crippen molar-refractivity contribution in [1.82, 2.24) is 10.3 Å². The lowest BCUT2D eigenvalue weighted by Crippen LogP contribution is -2.36. The standard InChI is InChI=1S/C14H18N2O2S2/c1-15-12(10-6-7-20(17,18)9-10)8-14-16-11-4-2-3-5-13(11)19-14/h2-5,10,12,15H,6-9H2,1H3. The summed E-state index contributed by atoms with van der Waals surface area (Å²) in [6, 6.07) is 8.29. The molecule has 1 fully saturated rings. The van der Waals surface area contributed by atoms with Crippen LogP contribution in [-0.2, 0) is 16.3 Å². The summed E-state index contributed by atoms with van der Waals surface area (Å²) in [6.07, 6.45) is 1.56. The Morgan fingerprint density at radius 3 is 2.90 bits per heavy atom. The van der Waals surface area contributed by atoms with Crippen molar-refractivity contribution in [3.63, 3.8) is 0 Å². The van der Waals surface area contributed by atoms with Crippen molar-refractivity contribution in [3.8, 4) is 0 Å². The van der Waals surface area contributed by atoms with Crippen LogP contribution in [0.25, 0.3) is 10.2 Å². The Hall–Kier alpha value is -0.980. The average Bonchev–Trinajstić information content (AvgIpc) is 2.98. The summed E-state index contributed by atoms with van der Waals surface area (Å²) in [7, 11) is -0.919. The molecular formula is C14H18N2O2S2. The maximum Gasteiger partial charge on any atom is 0.150 e. The number of rotatable bonds is 4. The monoisotopic (exact) mass is 310 g/mol. The number of nitrogens with zero attached hydrogens (tertiary/aromatic N) is 1. The van der Waals surface area contributed by atoms with Crippen molar-refractivity contribution in [2.75, 3.05) is 18.6 Å². The summed E-state index contributed by atoms with van der Waals surface area (Å²) in [4.78, 5) is 4.64. The molecule has 2 unspecified atom stereocenters. The highest BCUT2D eigenvalue weighted by Gasteiger charge is 2.33. The lowest BCUT2D eigenvalue weighted by atomic mass is 9.97. The lowest BCUT2D eigenvalue weighted by Gasteiger charge is -2.20. The predicted octanol–water partition coefficient (Wildman–Crippen LogP) is 1.86. The number of nitrogens with one attached hydrogen (secondary N) is 1. The molecule has 1 aliphatic rings. The van der Waals surface area contributed by atoms with E-state index >= 15 is 0 Å². The van der Waals surface area contributed by atoms with Crippen LogP contribution in [0.15, 0.2) is 24.3 Å². The van der Waals surface area contributed by atoms with Crippen LogP contribution in [0.1, 0.15) is 11.4 Å². The molecule has 1 aromatic carbocycles. The van der Waals surface area contributed by atoms with Crippen LogP contribution in [0.3, 0.4) is 0 Å². The minimum atomic E-state index is -2.82. The van der Waals surface area contributed by atoms with Crippen molar-refractivity contribution >= 4 is 31.4 Å². The van der Waals surface area contributed by atoms with Crippen molar-refractivity contribution < 1.29 is 8.42 Å². The van der Waals surface area contributed by atoms with Crippen LogP contribution in [0.5, 0.6) is 0 Å². The van der Waals surface area contributed by atoms with Crippen LogP contribution < -0.4 is 5.32 Å². The lowest BCUT2D eigenvalue weighted by molar-refractivity contribution is 0.402. The van der Waals surface area contributed by atoms with E-state index in [1.54, 1.807) is 11.3 Å². The van der Waals surface area contributed by atoms with E-state index in [4.69, 9.17) is 0 Å². The Morgan fingerprint density at radius 1 is 1.45 bits per heavy atom. The van der Waals surface area contributed by atoms with Gasteiger partial charge in [0.05, 0.1) is 26.7 Å². The van der Waals surface area contributed by atoms with E-state index in [1.807, 2.05) is 25.2 Å². The number of thiazole rings is 1. The highest BCUT2D eigenvalue weighted by molar-refractivity contribution is 7.91. The van der Waals surface area contributed by atoms with Crippen molar-refractivity contribution in [3.05, 3.63) is 29.3 Å². The number of benzene rings is 1. The Labute approximate surface area is 123 Å². The summed E-state index contributed by atoms with van der Waals surface area (Å²) < 4.78 is 24.4. The predicted molar refractivity (Wildman–Crippen MR) is 82.9 cm³/mol. The van der Waals surface area contributed by atoms with Gasteiger partial charge in [-0.3, -0.25) is 0 Å². The van der Waals surface area contributed by atoms with Gasteiger partial charge in [-0.15, -0.1) is 11.3 Å². The largest absolute Gasteiger partial charge is 0.316 e. The minimum absolute atomic E-state index is 0.188. The molecule has 0 saturated carbocycles. The molecule has 20 heavy (non-hydrogen) atoms. The zero-order valence-corrected chi connectivity index (χ0v) is 13.0. The smallest absolute Gasteiger partial charge is 0.150 e. The normalized spacial score (nSPS) is 23.1. The Balaban J connectivity index is 1.77. The van der Waals surface area contributed by atoms with Crippen LogP contribution in [0, 0.1) is 5.92 Å². The van der Waals surface area contributed by atoms with Gasteiger partial charge in [-0.2, -0.15) is 0 Å². The number of fused-ring (bicyclic) bond motifs is 1. The van der Waals surface area contributed by atoms with E-state index in [9.17, 15) is 8.42 Å². The molecule has 2 aromatic rings. The topological polar surface area (TPSA) is 59.1 Å². The summed E-state index contributed by atoms with van der Waals surface area (Å²) in [6.45, 7) is 0. The van der Waals surface area contributed by atoms with E-state index < -0.39 is 9.84 Å². The zero-order valence-electron chi connectivity index (χ0n) is 11.4. The second kappa shape index (κ2) is 5.42. The van der Waals surface area contributed by atoms with E-state index in [2.05, 4.69) is 16.4 Å². The molecule has 1 saturated heterocycles. The first kappa shape index (κ1) is 14.0. The minimum Gasteiger partial charge on any atom is -0.316 e. The molecule has 1 N–H and O–H groups in total. The zero-order chi connectivity index (χ0) is 14.2. The molecule has 3 rings (SSSR count). The first-order valence-corrected chi connectivity index (χ1v) is 9.43. The third-order valence-electron chi connectivity index (χ3n) is 3.94. The van der Waals surface area contributed by atoms with Crippen molar-refractivity contribution in [1.29, 1.82) is 0 Å². The molecule has 1 aliphatic heterocycles. The van der Waals surface area contributed by atoms with Gasteiger partial charge in [0.25, 0.3) is 0 Å². The van der Waals surface area contributed by atoms with Gasteiger partial charge in [0.2, 0.25) is 0 Å². The van der Waals surface area contributed by atoms with Gasteiger partial charge < -0.3 is 5.32 Å².